The maximum absolute atomic E-state index is 13.7. The second-order valence-corrected chi connectivity index (χ2v) is 5.79. The predicted octanol–water partition coefficient (Wildman–Crippen LogP) is 2.98. The maximum Gasteiger partial charge on any atom is 0.315 e. The summed E-state index contributed by atoms with van der Waals surface area (Å²) in [4.78, 5) is 12.0. The summed E-state index contributed by atoms with van der Waals surface area (Å²) in [6.45, 7) is -0.116. The number of benzene rings is 2. The van der Waals surface area contributed by atoms with Crippen LogP contribution in [0.3, 0.4) is 0 Å². The Morgan fingerprint density at radius 3 is 2.71 bits per heavy atom. The van der Waals surface area contributed by atoms with Crippen molar-refractivity contribution in [3.8, 4) is 0 Å². The van der Waals surface area contributed by atoms with E-state index in [1.165, 1.54) is 24.3 Å². The molecule has 0 spiro atoms. The quantitative estimate of drug-likeness (QED) is 0.806. The lowest BCUT2D eigenvalue weighted by Crippen LogP contribution is -2.39. The Labute approximate surface area is 138 Å². The number of aliphatic hydroxyl groups excluding tert-OH is 1. The lowest BCUT2D eigenvalue weighted by atomic mass is 10.1. The van der Waals surface area contributed by atoms with Crippen molar-refractivity contribution in [3.63, 3.8) is 0 Å². The van der Waals surface area contributed by atoms with Gasteiger partial charge in [0, 0.05) is 12.1 Å². The molecule has 3 rings (SSSR count). The average Bonchev–Trinajstić information content (AvgIpc) is 2.97. The van der Waals surface area contributed by atoms with Gasteiger partial charge < -0.3 is 15.7 Å². The topological polar surface area (TPSA) is 61.4 Å². The van der Waals surface area contributed by atoms with E-state index in [1.54, 1.807) is 18.2 Å². The fraction of sp³-hybridized carbons (Fsp3) is 0.278. The van der Waals surface area contributed by atoms with E-state index in [0.29, 0.717) is 18.4 Å². The van der Waals surface area contributed by atoms with Crippen molar-refractivity contribution in [2.45, 2.75) is 25.0 Å². The number of urea groups is 1. The first-order valence-corrected chi connectivity index (χ1v) is 7.80. The lowest BCUT2D eigenvalue weighted by molar-refractivity contribution is 0.168. The Morgan fingerprint density at radius 1 is 1.17 bits per heavy atom. The minimum atomic E-state index is -1.13. The van der Waals surface area contributed by atoms with Gasteiger partial charge in [0.2, 0.25) is 0 Å². The van der Waals surface area contributed by atoms with Crippen molar-refractivity contribution in [1.29, 1.82) is 0 Å². The predicted molar refractivity (Wildman–Crippen MR) is 85.4 cm³/mol. The highest BCUT2D eigenvalue weighted by Crippen LogP contribution is 2.32. The van der Waals surface area contributed by atoms with Crippen molar-refractivity contribution in [3.05, 3.63) is 70.8 Å². The summed E-state index contributed by atoms with van der Waals surface area (Å²) in [6, 6.07) is 9.95. The second-order valence-electron chi connectivity index (χ2n) is 5.79. The van der Waals surface area contributed by atoms with Crippen LogP contribution in [-0.4, -0.2) is 17.7 Å². The minimum Gasteiger partial charge on any atom is -0.386 e. The van der Waals surface area contributed by atoms with E-state index in [2.05, 4.69) is 10.6 Å². The molecular formula is C18H18F2N2O2. The number of hydrogen-bond acceptors (Lipinski definition) is 2. The molecule has 1 aliphatic rings. The van der Waals surface area contributed by atoms with Crippen LogP contribution in [0.25, 0.3) is 0 Å². The van der Waals surface area contributed by atoms with Gasteiger partial charge >= 0.3 is 6.03 Å². The fourth-order valence-corrected chi connectivity index (χ4v) is 3.01. The standard InChI is InChI=1S/C18H18F2N2O2/c19-14-7-3-5-12-11(14)8-9-16(12)22-18(24)21-10-17(23)13-4-1-2-6-15(13)20/h1-7,16-17,23H,8-10H2,(H2,21,22,24). The van der Waals surface area contributed by atoms with E-state index in [4.69, 9.17) is 0 Å². The molecule has 2 atom stereocenters. The van der Waals surface area contributed by atoms with E-state index in [0.717, 1.165) is 5.56 Å². The molecule has 0 saturated carbocycles. The van der Waals surface area contributed by atoms with Gasteiger partial charge in [0.25, 0.3) is 0 Å². The van der Waals surface area contributed by atoms with Gasteiger partial charge in [-0.25, -0.2) is 13.6 Å². The number of hydrogen-bond donors (Lipinski definition) is 3. The SMILES string of the molecule is O=C(NCC(O)c1ccccc1F)NC1CCc2c(F)cccc21. The normalized spacial score (nSPS) is 17.2. The molecule has 2 aromatic carbocycles. The summed E-state index contributed by atoms with van der Waals surface area (Å²) in [5.41, 5.74) is 1.54. The highest BCUT2D eigenvalue weighted by Gasteiger charge is 2.26. The largest absolute Gasteiger partial charge is 0.386 e. The number of fused-ring (bicyclic) bond motifs is 1. The van der Waals surface area contributed by atoms with E-state index < -0.39 is 18.0 Å². The average molecular weight is 332 g/mol. The number of halogens is 2. The van der Waals surface area contributed by atoms with E-state index in [1.807, 2.05) is 0 Å². The zero-order valence-corrected chi connectivity index (χ0v) is 12.9. The van der Waals surface area contributed by atoms with E-state index in [9.17, 15) is 18.7 Å². The third-order valence-corrected chi connectivity index (χ3v) is 4.24. The monoisotopic (exact) mass is 332 g/mol. The van der Waals surface area contributed by atoms with Crippen molar-refractivity contribution in [2.24, 2.45) is 0 Å². The Kier molecular flexibility index (Phi) is 4.76. The zero-order valence-electron chi connectivity index (χ0n) is 12.9. The van der Waals surface area contributed by atoms with Crippen LogP contribution in [0, 0.1) is 11.6 Å². The summed E-state index contributed by atoms with van der Waals surface area (Å²) in [5, 5.41) is 15.3. The van der Waals surface area contributed by atoms with Crippen LogP contribution in [-0.2, 0) is 6.42 Å². The van der Waals surface area contributed by atoms with Crippen LogP contribution in [0.15, 0.2) is 42.5 Å². The number of carbonyl (C=O) groups is 1. The molecule has 0 fully saturated rings. The molecular weight excluding hydrogens is 314 g/mol. The molecule has 2 unspecified atom stereocenters. The molecule has 0 radical (unpaired) electrons. The number of carbonyl (C=O) groups excluding carboxylic acids is 1. The van der Waals surface area contributed by atoms with Gasteiger partial charge in [-0.1, -0.05) is 30.3 Å². The number of aliphatic hydroxyl groups is 1. The highest BCUT2D eigenvalue weighted by atomic mass is 19.1. The summed E-state index contributed by atoms with van der Waals surface area (Å²) in [5.74, 6) is -0.778. The minimum absolute atomic E-state index is 0.116. The summed E-state index contributed by atoms with van der Waals surface area (Å²) in [7, 11) is 0. The maximum atomic E-state index is 13.7. The molecule has 0 heterocycles. The summed E-state index contributed by atoms with van der Waals surface area (Å²) >= 11 is 0. The molecule has 126 valence electrons. The van der Waals surface area contributed by atoms with Gasteiger partial charge in [0.1, 0.15) is 11.6 Å². The van der Waals surface area contributed by atoms with Crippen molar-refractivity contribution in [2.75, 3.05) is 6.54 Å². The molecule has 4 nitrogen and oxygen atoms in total. The first-order valence-electron chi connectivity index (χ1n) is 7.80. The van der Waals surface area contributed by atoms with Crippen LogP contribution in [0.2, 0.25) is 0 Å². The molecule has 0 aliphatic heterocycles. The first-order chi connectivity index (χ1) is 11.6. The Hall–Kier alpha value is -2.47. The van der Waals surface area contributed by atoms with E-state index in [-0.39, 0.29) is 24.0 Å². The molecule has 0 aromatic heterocycles. The van der Waals surface area contributed by atoms with Crippen LogP contribution in [0.4, 0.5) is 13.6 Å². The summed E-state index contributed by atoms with van der Waals surface area (Å²) in [6.07, 6.45) is 0.0647. The van der Waals surface area contributed by atoms with Crippen molar-refractivity contribution in [1.82, 2.24) is 10.6 Å². The molecule has 24 heavy (non-hydrogen) atoms. The summed E-state index contributed by atoms with van der Waals surface area (Å²) < 4.78 is 27.3. The fourth-order valence-electron chi connectivity index (χ4n) is 3.01. The molecule has 0 saturated heterocycles. The van der Waals surface area contributed by atoms with Gasteiger partial charge in [-0.3, -0.25) is 0 Å². The van der Waals surface area contributed by atoms with Crippen molar-refractivity contribution < 1.29 is 18.7 Å². The zero-order chi connectivity index (χ0) is 17.1. The lowest BCUT2D eigenvalue weighted by Gasteiger charge is -2.17. The van der Waals surface area contributed by atoms with Crippen LogP contribution in [0.1, 0.15) is 35.3 Å². The molecule has 3 N–H and O–H groups in total. The Morgan fingerprint density at radius 2 is 1.92 bits per heavy atom. The highest BCUT2D eigenvalue weighted by molar-refractivity contribution is 5.74. The van der Waals surface area contributed by atoms with Gasteiger partial charge in [0.05, 0.1) is 12.1 Å². The van der Waals surface area contributed by atoms with Gasteiger partial charge in [-0.05, 0) is 36.1 Å². The second kappa shape index (κ2) is 6.97. The molecule has 2 aromatic rings. The Bertz CT molecular complexity index is 752. The number of nitrogens with one attached hydrogen (secondary N) is 2. The van der Waals surface area contributed by atoms with Gasteiger partial charge in [-0.2, -0.15) is 0 Å². The van der Waals surface area contributed by atoms with Gasteiger partial charge in [0.15, 0.2) is 0 Å². The Balaban J connectivity index is 1.56. The third kappa shape index (κ3) is 3.38. The van der Waals surface area contributed by atoms with Gasteiger partial charge in [-0.15, -0.1) is 0 Å². The van der Waals surface area contributed by atoms with E-state index >= 15 is 0 Å². The first kappa shape index (κ1) is 16.4. The third-order valence-electron chi connectivity index (χ3n) is 4.24. The van der Waals surface area contributed by atoms with Crippen molar-refractivity contribution >= 4 is 6.03 Å². The number of rotatable bonds is 4. The molecule has 6 heteroatoms. The number of amides is 2. The molecule has 2 amide bonds. The smallest absolute Gasteiger partial charge is 0.315 e. The van der Waals surface area contributed by atoms with Crippen LogP contribution >= 0.6 is 0 Å². The molecule has 1 aliphatic carbocycles. The molecule has 0 bridgehead atoms. The van der Waals surface area contributed by atoms with Crippen LogP contribution < -0.4 is 10.6 Å². The van der Waals surface area contributed by atoms with Crippen LogP contribution in [0.5, 0.6) is 0 Å².